The molecular formula is C14H14ClNO3S. The molecule has 0 aliphatic heterocycles. The van der Waals surface area contributed by atoms with E-state index in [4.69, 9.17) is 26.8 Å². The van der Waals surface area contributed by atoms with E-state index in [-0.39, 0.29) is 6.10 Å². The molecule has 0 amide bonds. The van der Waals surface area contributed by atoms with Crippen LogP contribution in [0, 0.1) is 0 Å². The Hall–Kier alpha value is -1.72. The second-order valence-electron chi connectivity index (χ2n) is 4.12. The summed E-state index contributed by atoms with van der Waals surface area (Å²) >= 11 is 7.26. The van der Waals surface area contributed by atoms with Crippen LogP contribution in [0.25, 0.3) is 0 Å². The highest BCUT2D eigenvalue weighted by Crippen LogP contribution is 2.35. The van der Waals surface area contributed by atoms with Crippen molar-refractivity contribution in [3.63, 3.8) is 0 Å². The zero-order valence-corrected chi connectivity index (χ0v) is 12.6. The monoisotopic (exact) mass is 311 g/mol. The topological polar surface area (TPSA) is 61.5 Å². The summed E-state index contributed by atoms with van der Waals surface area (Å²) in [7, 11) is 1.32. The van der Waals surface area contributed by atoms with Crippen molar-refractivity contribution in [2.75, 3.05) is 12.8 Å². The van der Waals surface area contributed by atoms with Gasteiger partial charge < -0.3 is 15.2 Å². The van der Waals surface area contributed by atoms with Crippen LogP contribution in [0.4, 0.5) is 5.00 Å². The number of benzene rings is 1. The molecule has 0 bridgehead atoms. The fourth-order valence-electron chi connectivity index (χ4n) is 1.77. The second kappa shape index (κ2) is 6.15. The number of hydrogen-bond donors (Lipinski definition) is 1. The van der Waals surface area contributed by atoms with Crippen LogP contribution in [-0.4, -0.2) is 13.1 Å². The number of ether oxygens (including phenoxy) is 2. The van der Waals surface area contributed by atoms with Gasteiger partial charge in [0, 0.05) is 16.7 Å². The molecule has 6 heteroatoms. The third kappa shape index (κ3) is 3.05. The van der Waals surface area contributed by atoms with Gasteiger partial charge >= 0.3 is 5.97 Å². The minimum absolute atomic E-state index is 0.305. The van der Waals surface area contributed by atoms with Crippen LogP contribution >= 0.6 is 22.9 Å². The van der Waals surface area contributed by atoms with Gasteiger partial charge in [0.05, 0.1) is 12.1 Å². The molecule has 0 spiro atoms. The lowest BCUT2D eigenvalue weighted by molar-refractivity contribution is 0.0600. The molecule has 20 heavy (non-hydrogen) atoms. The first-order valence-corrected chi connectivity index (χ1v) is 7.11. The Morgan fingerprint density at radius 1 is 1.40 bits per heavy atom. The van der Waals surface area contributed by atoms with E-state index in [1.807, 2.05) is 25.1 Å². The molecule has 4 nitrogen and oxygen atoms in total. The summed E-state index contributed by atoms with van der Waals surface area (Å²) < 4.78 is 10.5. The van der Waals surface area contributed by atoms with Crippen molar-refractivity contribution < 1.29 is 14.3 Å². The second-order valence-corrected chi connectivity index (χ2v) is 5.61. The van der Waals surface area contributed by atoms with Crippen molar-refractivity contribution in [3.8, 4) is 5.75 Å². The normalized spacial score (nSPS) is 11.9. The van der Waals surface area contributed by atoms with E-state index in [2.05, 4.69) is 0 Å². The predicted octanol–water partition coefficient (Wildman–Crippen LogP) is 3.91. The van der Waals surface area contributed by atoms with E-state index in [9.17, 15) is 4.79 Å². The summed E-state index contributed by atoms with van der Waals surface area (Å²) in [6, 6.07) is 9.01. The van der Waals surface area contributed by atoms with Gasteiger partial charge in [-0.25, -0.2) is 4.79 Å². The highest BCUT2D eigenvalue weighted by molar-refractivity contribution is 7.18. The predicted molar refractivity (Wildman–Crippen MR) is 80.6 cm³/mol. The van der Waals surface area contributed by atoms with E-state index in [1.54, 1.807) is 12.1 Å². The Morgan fingerprint density at radius 3 is 2.75 bits per heavy atom. The van der Waals surface area contributed by atoms with Crippen molar-refractivity contribution in [1.29, 1.82) is 0 Å². The lowest BCUT2D eigenvalue weighted by atomic mass is 10.1. The Balaban J connectivity index is 2.26. The maximum absolute atomic E-state index is 11.7. The first-order valence-electron chi connectivity index (χ1n) is 5.91. The van der Waals surface area contributed by atoms with Crippen molar-refractivity contribution in [2.45, 2.75) is 13.0 Å². The average Bonchev–Trinajstić information content (AvgIpc) is 2.79. The molecule has 2 N–H and O–H groups in total. The SMILES string of the molecule is COC(=O)c1sc(N)cc1OC(C)c1ccccc1Cl. The van der Waals surface area contributed by atoms with Gasteiger partial charge in [0.25, 0.3) is 0 Å². The third-order valence-electron chi connectivity index (χ3n) is 2.73. The summed E-state index contributed by atoms with van der Waals surface area (Å²) in [6.07, 6.45) is -0.305. The lowest BCUT2D eigenvalue weighted by Gasteiger charge is -2.16. The van der Waals surface area contributed by atoms with Gasteiger partial charge in [0.15, 0.2) is 4.88 Å². The highest BCUT2D eigenvalue weighted by Gasteiger charge is 2.20. The van der Waals surface area contributed by atoms with Crippen molar-refractivity contribution in [1.82, 2.24) is 0 Å². The summed E-state index contributed by atoms with van der Waals surface area (Å²) in [4.78, 5) is 12.0. The summed E-state index contributed by atoms with van der Waals surface area (Å²) in [5, 5.41) is 1.11. The van der Waals surface area contributed by atoms with Crippen LogP contribution < -0.4 is 10.5 Å². The van der Waals surface area contributed by atoms with Gasteiger partial charge in [-0.3, -0.25) is 0 Å². The number of carbonyl (C=O) groups is 1. The molecule has 1 heterocycles. The summed E-state index contributed by atoms with van der Waals surface area (Å²) in [5.74, 6) is -0.0557. The largest absolute Gasteiger partial charge is 0.484 e. The average molecular weight is 312 g/mol. The highest BCUT2D eigenvalue weighted by atomic mass is 35.5. The van der Waals surface area contributed by atoms with E-state index >= 15 is 0 Å². The quantitative estimate of drug-likeness (QED) is 0.870. The summed E-state index contributed by atoms with van der Waals surface area (Å²) in [6.45, 7) is 1.86. The number of anilines is 1. The van der Waals surface area contributed by atoms with E-state index in [0.717, 1.165) is 16.9 Å². The number of hydrogen-bond acceptors (Lipinski definition) is 5. The van der Waals surface area contributed by atoms with Crippen LogP contribution in [0.2, 0.25) is 5.02 Å². The molecule has 1 aromatic carbocycles. The fraction of sp³-hybridized carbons (Fsp3) is 0.214. The van der Waals surface area contributed by atoms with Gasteiger partial charge in [0.2, 0.25) is 0 Å². The molecule has 2 aromatic rings. The molecule has 2 rings (SSSR count). The maximum Gasteiger partial charge on any atom is 0.351 e. The zero-order chi connectivity index (χ0) is 14.7. The minimum atomic E-state index is -0.465. The molecule has 106 valence electrons. The standard InChI is InChI=1S/C14H14ClNO3S/c1-8(9-5-3-4-6-10(9)15)19-11-7-12(16)20-13(11)14(17)18-2/h3-8H,16H2,1-2H3. The first-order chi connectivity index (χ1) is 9.52. The van der Waals surface area contributed by atoms with Crippen molar-refractivity contribution >= 4 is 33.9 Å². The van der Waals surface area contributed by atoms with Gasteiger partial charge in [-0.2, -0.15) is 0 Å². The molecule has 1 atom stereocenters. The third-order valence-corrected chi connectivity index (χ3v) is 4.00. The number of halogens is 1. The van der Waals surface area contributed by atoms with Crippen LogP contribution in [0.3, 0.4) is 0 Å². The smallest absolute Gasteiger partial charge is 0.351 e. The first kappa shape index (κ1) is 14.7. The van der Waals surface area contributed by atoms with Crippen LogP contribution in [-0.2, 0) is 4.74 Å². The van der Waals surface area contributed by atoms with Crippen LogP contribution in [0.15, 0.2) is 30.3 Å². The number of thiophene rings is 1. The Kier molecular flexibility index (Phi) is 4.52. The number of methoxy groups -OCH3 is 1. The number of esters is 1. The minimum Gasteiger partial charge on any atom is -0.484 e. The zero-order valence-electron chi connectivity index (χ0n) is 11.1. The molecule has 0 aliphatic carbocycles. The van der Waals surface area contributed by atoms with Crippen LogP contribution in [0.1, 0.15) is 28.3 Å². The van der Waals surface area contributed by atoms with Crippen molar-refractivity contribution in [2.24, 2.45) is 0 Å². The molecule has 0 fully saturated rings. The van der Waals surface area contributed by atoms with Gasteiger partial charge in [-0.05, 0) is 13.0 Å². The van der Waals surface area contributed by atoms with Gasteiger partial charge in [-0.1, -0.05) is 29.8 Å². The lowest BCUT2D eigenvalue weighted by Crippen LogP contribution is -2.07. The van der Waals surface area contributed by atoms with Gasteiger partial charge in [-0.15, -0.1) is 11.3 Å². The Bertz CT molecular complexity index is 627. The Labute approximate surface area is 126 Å². The molecule has 1 aromatic heterocycles. The van der Waals surface area contributed by atoms with Crippen LogP contribution in [0.5, 0.6) is 5.75 Å². The molecule has 0 saturated heterocycles. The fourth-order valence-corrected chi connectivity index (χ4v) is 2.84. The molecule has 0 radical (unpaired) electrons. The van der Waals surface area contributed by atoms with Gasteiger partial charge in [0.1, 0.15) is 11.9 Å². The number of carbonyl (C=O) groups excluding carboxylic acids is 1. The Morgan fingerprint density at radius 2 is 2.10 bits per heavy atom. The molecule has 0 saturated carbocycles. The summed E-state index contributed by atoms with van der Waals surface area (Å²) in [5.41, 5.74) is 6.56. The molecular weight excluding hydrogens is 298 g/mol. The van der Waals surface area contributed by atoms with E-state index in [1.165, 1.54) is 7.11 Å². The number of nitrogens with two attached hydrogens (primary N) is 1. The maximum atomic E-state index is 11.7. The number of rotatable bonds is 4. The van der Waals surface area contributed by atoms with E-state index < -0.39 is 5.97 Å². The molecule has 0 aliphatic rings. The molecule has 1 unspecified atom stereocenters. The number of nitrogen functional groups attached to an aromatic ring is 1. The van der Waals surface area contributed by atoms with Crippen molar-refractivity contribution in [3.05, 3.63) is 45.8 Å². The van der Waals surface area contributed by atoms with E-state index in [0.29, 0.717) is 20.7 Å².